The van der Waals surface area contributed by atoms with Crippen LogP contribution in [0.25, 0.3) is 66.4 Å². The largest absolute Gasteiger partial charge is 0.310 e. The van der Waals surface area contributed by atoms with E-state index < -0.39 is 5.41 Å². The fourth-order valence-corrected chi connectivity index (χ4v) is 10.5. The van der Waals surface area contributed by atoms with Gasteiger partial charge in [0.05, 0.1) is 5.41 Å². The molecule has 0 spiro atoms. The Hall–Kier alpha value is -8.52. The van der Waals surface area contributed by atoms with Gasteiger partial charge in [0.2, 0.25) is 0 Å². The molecule has 0 saturated heterocycles. The zero-order valence-corrected chi connectivity index (χ0v) is 36.4. The van der Waals surface area contributed by atoms with Crippen molar-refractivity contribution in [2.24, 2.45) is 0 Å². The lowest BCUT2D eigenvalue weighted by atomic mass is 9.67. The van der Waals surface area contributed by atoms with Crippen molar-refractivity contribution in [3.63, 3.8) is 0 Å². The van der Waals surface area contributed by atoms with Crippen molar-refractivity contribution in [1.82, 2.24) is 0 Å². The van der Waals surface area contributed by atoms with Gasteiger partial charge in [-0.3, -0.25) is 0 Å². The highest BCUT2D eigenvalue weighted by atomic mass is 15.1. The average Bonchev–Trinajstić information content (AvgIpc) is 3.70. The van der Waals surface area contributed by atoms with Gasteiger partial charge < -0.3 is 4.90 Å². The quantitative estimate of drug-likeness (QED) is 0.140. The molecule has 0 radical (unpaired) electrons. The molecule has 310 valence electrons. The van der Waals surface area contributed by atoms with Crippen molar-refractivity contribution in [2.45, 2.75) is 5.41 Å². The third-order valence-corrected chi connectivity index (χ3v) is 13.5. The van der Waals surface area contributed by atoms with Gasteiger partial charge in [-0.2, -0.15) is 0 Å². The minimum atomic E-state index is -0.523. The fourth-order valence-electron chi connectivity index (χ4n) is 10.5. The molecule has 1 nitrogen and oxygen atoms in total. The molecule has 0 amide bonds. The molecule has 0 heterocycles. The number of hydrogen-bond donors (Lipinski definition) is 0. The SMILES string of the molecule is c1ccc(-c2cc(-c3ccccc3)cc(-c3ccc(N(c4cccc(-c5cccc6ccccc56)c4)c4ccc5c(c4)C(c4ccccc4)(c4ccccc4)c4ccccc4-5)cc3)c2)cc1. The first-order valence-electron chi connectivity index (χ1n) is 22.8. The summed E-state index contributed by atoms with van der Waals surface area (Å²) >= 11 is 0. The highest BCUT2D eigenvalue weighted by Gasteiger charge is 2.46. The van der Waals surface area contributed by atoms with E-state index in [0.717, 1.165) is 22.6 Å². The van der Waals surface area contributed by atoms with E-state index in [4.69, 9.17) is 0 Å². The first-order chi connectivity index (χ1) is 32.7. The molecule has 12 rings (SSSR count). The molecule has 0 unspecified atom stereocenters. The predicted octanol–water partition coefficient (Wildman–Crippen LogP) is 17.3. The van der Waals surface area contributed by atoms with Gasteiger partial charge in [-0.05, 0) is 143 Å². The Morgan fingerprint density at radius 1 is 0.242 bits per heavy atom. The summed E-state index contributed by atoms with van der Waals surface area (Å²) in [6, 6.07) is 100. The molecule has 1 aliphatic rings. The van der Waals surface area contributed by atoms with Gasteiger partial charge >= 0.3 is 0 Å². The molecule has 11 aromatic rings. The Morgan fingerprint density at radius 3 is 1.35 bits per heavy atom. The van der Waals surface area contributed by atoms with Crippen LogP contribution in [0.1, 0.15) is 22.3 Å². The van der Waals surface area contributed by atoms with E-state index in [-0.39, 0.29) is 0 Å². The Balaban J connectivity index is 1.05. The molecular formula is C65H45N. The Labute approximate surface area is 387 Å². The summed E-state index contributed by atoms with van der Waals surface area (Å²) < 4.78 is 0. The van der Waals surface area contributed by atoms with Crippen LogP contribution in [0, 0.1) is 0 Å². The predicted molar refractivity (Wildman–Crippen MR) is 278 cm³/mol. The standard InChI is InChI=1S/C65H45N/c1-5-19-46(20-6-1)51-41-52(47-21-7-2-8-22-47)43-53(42-51)48-35-37-56(38-36-48)66(57-30-17-25-50(44-57)60-33-18-24-49-23-13-14-31-59(49)60)58-39-40-62-61-32-15-16-34-63(61)65(64(62)45-58,54-26-9-3-10-27-54)55-28-11-4-12-29-55/h1-45H. The van der Waals surface area contributed by atoms with Crippen LogP contribution in [0.5, 0.6) is 0 Å². The maximum Gasteiger partial charge on any atom is 0.0714 e. The first-order valence-corrected chi connectivity index (χ1v) is 22.8. The third-order valence-electron chi connectivity index (χ3n) is 13.5. The van der Waals surface area contributed by atoms with E-state index in [1.807, 2.05) is 0 Å². The highest BCUT2D eigenvalue weighted by molar-refractivity contribution is 5.98. The minimum Gasteiger partial charge on any atom is -0.310 e. The summed E-state index contributed by atoms with van der Waals surface area (Å²) in [5.41, 5.74) is 19.9. The van der Waals surface area contributed by atoms with E-state index in [1.165, 1.54) is 83.1 Å². The van der Waals surface area contributed by atoms with E-state index in [2.05, 4.69) is 278 Å². The summed E-state index contributed by atoms with van der Waals surface area (Å²) in [5, 5.41) is 2.47. The maximum atomic E-state index is 2.46. The molecule has 0 saturated carbocycles. The summed E-state index contributed by atoms with van der Waals surface area (Å²) in [7, 11) is 0. The molecule has 0 fully saturated rings. The van der Waals surface area contributed by atoms with Crippen LogP contribution < -0.4 is 4.90 Å². The van der Waals surface area contributed by atoms with Gasteiger partial charge in [-0.15, -0.1) is 0 Å². The van der Waals surface area contributed by atoms with Crippen molar-refractivity contribution in [1.29, 1.82) is 0 Å². The number of fused-ring (bicyclic) bond motifs is 4. The molecule has 1 aliphatic carbocycles. The van der Waals surface area contributed by atoms with E-state index in [9.17, 15) is 0 Å². The number of rotatable bonds is 9. The molecule has 0 atom stereocenters. The molecule has 66 heavy (non-hydrogen) atoms. The van der Waals surface area contributed by atoms with Crippen molar-refractivity contribution in [2.75, 3.05) is 4.90 Å². The summed E-state index contributed by atoms with van der Waals surface area (Å²) in [6.45, 7) is 0. The zero-order valence-electron chi connectivity index (χ0n) is 36.4. The second-order valence-electron chi connectivity index (χ2n) is 17.2. The molecule has 0 bridgehead atoms. The van der Waals surface area contributed by atoms with Gasteiger partial charge in [0.25, 0.3) is 0 Å². The topological polar surface area (TPSA) is 3.24 Å². The highest BCUT2D eigenvalue weighted by Crippen LogP contribution is 2.57. The van der Waals surface area contributed by atoms with Gasteiger partial charge in [0.1, 0.15) is 0 Å². The number of benzene rings is 11. The third kappa shape index (κ3) is 6.73. The van der Waals surface area contributed by atoms with Crippen LogP contribution in [0.15, 0.2) is 273 Å². The van der Waals surface area contributed by atoms with E-state index in [0.29, 0.717) is 0 Å². The second-order valence-corrected chi connectivity index (χ2v) is 17.2. The van der Waals surface area contributed by atoms with Gasteiger partial charge in [-0.25, -0.2) is 0 Å². The molecule has 0 aliphatic heterocycles. The number of anilines is 3. The van der Waals surface area contributed by atoms with Gasteiger partial charge in [0.15, 0.2) is 0 Å². The normalized spacial score (nSPS) is 12.4. The molecule has 11 aromatic carbocycles. The minimum absolute atomic E-state index is 0.523. The Bertz CT molecular complexity index is 3400. The van der Waals surface area contributed by atoms with Crippen LogP contribution in [0.4, 0.5) is 17.1 Å². The maximum absolute atomic E-state index is 2.46. The summed E-state index contributed by atoms with van der Waals surface area (Å²) in [6.07, 6.45) is 0. The van der Waals surface area contributed by atoms with Crippen LogP contribution in [-0.2, 0) is 5.41 Å². The van der Waals surface area contributed by atoms with Crippen molar-refractivity contribution >= 4 is 27.8 Å². The Kier molecular flexibility index (Phi) is 9.81. The molecular weight excluding hydrogens is 795 g/mol. The van der Waals surface area contributed by atoms with Gasteiger partial charge in [-0.1, -0.05) is 218 Å². The van der Waals surface area contributed by atoms with Crippen LogP contribution >= 0.6 is 0 Å². The first kappa shape index (κ1) is 39.1. The lowest BCUT2D eigenvalue weighted by Gasteiger charge is -2.35. The van der Waals surface area contributed by atoms with Gasteiger partial charge in [0, 0.05) is 17.1 Å². The number of hydrogen-bond acceptors (Lipinski definition) is 1. The smallest absolute Gasteiger partial charge is 0.0714 e. The van der Waals surface area contributed by atoms with Crippen LogP contribution in [-0.4, -0.2) is 0 Å². The van der Waals surface area contributed by atoms with Crippen molar-refractivity contribution < 1.29 is 0 Å². The van der Waals surface area contributed by atoms with Crippen molar-refractivity contribution in [3.8, 4) is 55.6 Å². The average molecular weight is 840 g/mol. The Morgan fingerprint density at radius 2 is 0.697 bits per heavy atom. The molecule has 0 N–H and O–H groups in total. The number of nitrogens with zero attached hydrogens (tertiary/aromatic N) is 1. The second kappa shape index (κ2) is 16.6. The molecule has 1 heteroatoms. The lowest BCUT2D eigenvalue weighted by Crippen LogP contribution is -2.28. The zero-order chi connectivity index (χ0) is 43.9. The van der Waals surface area contributed by atoms with Crippen LogP contribution in [0.3, 0.4) is 0 Å². The molecule has 0 aromatic heterocycles. The summed E-state index contributed by atoms with van der Waals surface area (Å²) in [5.74, 6) is 0. The van der Waals surface area contributed by atoms with Crippen molar-refractivity contribution in [3.05, 3.63) is 295 Å². The van der Waals surface area contributed by atoms with E-state index >= 15 is 0 Å². The monoisotopic (exact) mass is 839 g/mol. The summed E-state index contributed by atoms with van der Waals surface area (Å²) in [4.78, 5) is 2.44. The van der Waals surface area contributed by atoms with Crippen LogP contribution in [0.2, 0.25) is 0 Å². The fraction of sp³-hybridized carbons (Fsp3) is 0.0154. The van der Waals surface area contributed by atoms with E-state index in [1.54, 1.807) is 0 Å². The lowest BCUT2D eigenvalue weighted by molar-refractivity contribution is 0.768.